The molecule has 2 aromatic rings. The van der Waals surface area contributed by atoms with E-state index in [9.17, 15) is 14.0 Å². The van der Waals surface area contributed by atoms with Crippen molar-refractivity contribution in [3.8, 4) is 5.75 Å². The minimum atomic E-state index is -0.504. The molecule has 182 valence electrons. The van der Waals surface area contributed by atoms with Gasteiger partial charge in [0, 0.05) is 37.2 Å². The van der Waals surface area contributed by atoms with Crippen molar-refractivity contribution in [1.29, 1.82) is 0 Å². The zero-order valence-electron chi connectivity index (χ0n) is 20.0. The van der Waals surface area contributed by atoms with Crippen LogP contribution in [0.3, 0.4) is 0 Å². The van der Waals surface area contributed by atoms with Crippen LogP contribution in [0.25, 0.3) is 0 Å². The third kappa shape index (κ3) is 5.91. The lowest BCUT2D eigenvalue weighted by atomic mass is 9.97. The number of carbonyl (C=O) groups is 2. The molecule has 1 aliphatic rings. The number of nitrogens with one attached hydrogen (secondary N) is 1. The molecule has 9 heteroatoms. The molecule has 0 radical (unpaired) electrons. The van der Waals surface area contributed by atoms with Crippen molar-refractivity contribution < 1.29 is 23.5 Å². The van der Waals surface area contributed by atoms with E-state index in [2.05, 4.69) is 10.4 Å². The zero-order chi connectivity index (χ0) is 24.7. The summed E-state index contributed by atoms with van der Waals surface area (Å²) >= 11 is 0. The lowest BCUT2D eigenvalue weighted by Gasteiger charge is -2.28. The molecule has 0 unspecified atom stereocenters. The van der Waals surface area contributed by atoms with Gasteiger partial charge in [0.1, 0.15) is 18.1 Å². The van der Waals surface area contributed by atoms with E-state index in [1.807, 2.05) is 32.0 Å². The molecule has 0 aliphatic carbocycles. The van der Waals surface area contributed by atoms with Crippen molar-refractivity contribution in [2.75, 3.05) is 33.9 Å². The first-order valence-electron chi connectivity index (χ1n) is 11.2. The van der Waals surface area contributed by atoms with E-state index in [1.165, 1.54) is 23.1 Å². The summed E-state index contributed by atoms with van der Waals surface area (Å²) in [6.07, 6.45) is 0.309. The molecule has 1 aliphatic heterocycles. The fourth-order valence-corrected chi connectivity index (χ4v) is 3.81. The summed E-state index contributed by atoms with van der Waals surface area (Å²) in [6, 6.07) is 12.7. The summed E-state index contributed by atoms with van der Waals surface area (Å²) in [5.74, 6) is -0.200. The Kier molecular flexibility index (Phi) is 8.59. The number of hydrogen-bond donors (Lipinski definition) is 1. The average molecular weight is 471 g/mol. The van der Waals surface area contributed by atoms with Crippen molar-refractivity contribution >= 4 is 17.6 Å². The first kappa shape index (κ1) is 25.2. The summed E-state index contributed by atoms with van der Waals surface area (Å²) < 4.78 is 25.2. The molecule has 34 heavy (non-hydrogen) atoms. The van der Waals surface area contributed by atoms with Crippen LogP contribution in [0.4, 0.5) is 9.18 Å². The van der Waals surface area contributed by atoms with Crippen LogP contribution in [0, 0.1) is 5.82 Å². The van der Waals surface area contributed by atoms with Gasteiger partial charge in [-0.25, -0.2) is 14.2 Å². The van der Waals surface area contributed by atoms with Crippen LogP contribution >= 0.6 is 0 Å². The Bertz CT molecular complexity index is 1040. The Labute approximate surface area is 199 Å². The minimum Gasteiger partial charge on any atom is -0.496 e. The van der Waals surface area contributed by atoms with E-state index in [-0.39, 0.29) is 31.8 Å². The van der Waals surface area contributed by atoms with Crippen molar-refractivity contribution in [3.05, 3.63) is 65.5 Å². The molecule has 0 saturated carbocycles. The summed E-state index contributed by atoms with van der Waals surface area (Å²) in [6.45, 7) is 3.99. The van der Waals surface area contributed by atoms with Gasteiger partial charge >= 0.3 is 6.03 Å². The highest BCUT2D eigenvalue weighted by atomic mass is 19.1. The van der Waals surface area contributed by atoms with Crippen LogP contribution in [-0.4, -0.2) is 67.5 Å². The number of methoxy groups -OCH3 is 2. The van der Waals surface area contributed by atoms with Gasteiger partial charge in [0.15, 0.2) is 0 Å². The lowest BCUT2D eigenvalue weighted by molar-refractivity contribution is -0.133. The van der Waals surface area contributed by atoms with Crippen molar-refractivity contribution in [1.82, 2.24) is 15.2 Å². The summed E-state index contributed by atoms with van der Waals surface area (Å²) in [7, 11) is 3.09. The summed E-state index contributed by atoms with van der Waals surface area (Å²) in [5.41, 5.74) is 1.55. The van der Waals surface area contributed by atoms with Gasteiger partial charge in [-0.15, -0.1) is 0 Å². The molecule has 1 atom stereocenters. The predicted octanol–water partition coefficient (Wildman–Crippen LogP) is 3.58. The molecule has 0 spiro atoms. The molecule has 3 rings (SSSR count). The zero-order valence-corrected chi connectivity index (χ0v) is 20.0. The normalized spacial score (nSPS) is 15.3. The topological polar surface area (TPSA) is 83.5 Å². The first-order valence-corrected chi connectivity index (χ1v) is 11.2. The molecule has 2 aromatic carbocycles. The molecule has 1 heterocycles. The second-order valence-electron chi connectivity index (χ2n) is 8.25. The maximum absolute atomic E-state index is 14.5. The number of hydrazone groups is 1. The third-order valence-corrected chi connectivity index (χ3v) is 5.44. The van der Waals surface area contributed by atoms with Gasteiger partial charge in [0.25, 0.3) is 5.91 Å². The van der Waals surface area contributed by atoms with Crippen LogP contribution in [0.15, 0.2) is 53.6 Å². The van der Waals surface area contributed by atoms with E-state index < -0.39 is 17.8 Å². The van der Waals surface area contributed by atoms with Crippen LogP contribution < -0.4 is 10.1 Å². The number of halogens is 1. The quantitative estimate of drug-likeness (QED) is 0.607. The lowest BCUT2D eigenvalue weighted by Crippen LogP contribution is -2.48. The molecule has 8 nitrogen and oxygen atoms in total. The smallest absolute Gasteiger partial charge is 0.318 e. The standard InChI is InChI=1S/C25H31FN4O4/c1-17(2)27-25(32)29(13-14-33-3)16-24(31)30-22(19-10-6-8-12-23(19)34-4)15-21(28-30)18-9-5-7-11-20(18)26/h5-12,17,22H,13-16H2,1-4H3,(H,27,32)/t22-/m1/s1. The number of hydrogen-bond acceptors (Lipinski definition) is 5. The van der Waals surface area contributed by atoms with E-state index in [0.29, 0.717) is 23.4 Å². The van der Waals surface area contributed by atoms with Gasteiger partial charge in [-0.1, -0.05) is 36.4 Å². The van der Waals surface area contributed by atoms with Crippen LogP contribution in [0.1, 0.15) is 37.4 Å². The molecule has 0 fully saturated rings. The van der Waals surface area contributed by atoms with E-state index in [4.69, 9.17) is 9.47 Å². The third-order valence-electron chi connectivity index (χ3n) is 5.44. The first-order chi connectivity index (χ1) is 16.3. The maximum atomic E-state index is 14.5. The Morgan fingerprint density at radius 3 is 2.56 bits per heavy atom. The van der Waals surface area contributed by atoms with Crippen molar-refractivity contribution in [3.63, 3.8) is 0 Å². The Balaban J connectivity index is 1.94. The number of carbonyl (C=O) groups excluding carboxylic acids is 2. The molecule has 3 amide bonds. The monoisotopic (exact) mass is 470 g/mol. The average Bonchev–Trinajstić information content (AvgIpc) is 3.26. The minimum absolute atomic E-state index is 0.0913. The largest absolute Gasteiger partial charge is 0.496 e. The van der Waals surface area contributed by atoms with Gasteiger partial charge in [-0.05, 0) is 26.0 Å². The SMILES string of the molecule is COCCN(CC(=O)N1N=C(c2ccccc2F)C[C@@H]1c1ccccc1OC)C(=O)NC(C)C. The van der Waals surface area contributed by atoms with Crippen molar-refractivity contribution in [2.45, 2.75) is 32.4 Å². The molecule has 0 saturated heterocycles. The summed E-state index contributed by atoms with van der Waals surface area (Å²) in [4.78, 5) is 27.5. The Morgan fingerprint density at radius 2 is 1.88 bits per heavy atom. The van der Waals surface area contributed by atoms with E-state index >= 15 is 0 Å². The fraction of sp³-hybridized carbons (Fsp3) is 0.400. The highest BCUT2D eigenvalue weighted by molar-refractivity contribution is 6.03. The molecular weight excluding hydrogens is 439 g/mol. The summed E-state index contributed by atoms with van der Waals surface area (Å²) in [5, 5.41) is 8.66. The molecule has 0 aromatic heterocycles. The molecule has 0 bridgehead atoms. The number of para-hydroxylation sites is 1. The van der Waals surface area contributed by atoms with Crippen LogP contribution in [0.5, 0.6) is 5.75 Å². The second kappa shape index (κ2) is 11.6. The fourth-order valence-electron chi connectivity index (χ4n) is 3.81. The predicted molar refractivity (Wildman–Crippen MR) is 127 cm³/mol. The van der Waals surface area contributed by atoms with Gasteiger partial charge in [-0.3, -0.25) is 4.79 Å². The Morgan fingerprint density at radius 1 is 1.18 bits per heavy atom. The van der Waals surface area contributed by atoms with Gasteiger partial charge in [-0.2, -0.15) is 5.10 Å². The van der Waals surface area contributed by atoms with Gasteiger partial charge < -0.3 is 19.7 Å². The van der Waals surface area contributed by atoms with Gasteiger partial charge in [0.2, 0.25) is 0 Å². The number of nitrogens with zero attached hydrogens (tertiary/aromatic N) is 3. The highest BCUT2D eigenvalue weighted by Gasteiger charge is 2.36. The number of urea groups is 1. The highest BCUT2D eigenvalue weighted by Crippen LogP contribution is 2.37. The molecular formula is C25H31FN4O4. The van der Waals surface area contributed by atoms with Gasteiger partial charge in [0.05, 0.1) is 25.5 Å². The Hall–Kier alpha value is -3.46. The van der Waals surface area contributed by atoms with E-state index in [1.54, 1.807) is 31.4 Å². The number of amides is 3. The van der Waals surface area contributed by atoms with Crippen molar-refractivity contribution in [2.24, 2.45) is 5.10 Å². The van der Waals surface area contributed by atoms with Crippen LogP contribution in [0.2, 0.25) is 0 Å². The number of benzene rings is 2. The second-order valence-corrected chi connectivity index (χ2v) is 8.25. The maximum Gasteiger partial charge on any atom is 0.318 e. The molecule has 1 N–H and O–H groups in total. The number of ether oxygens (including phenoxy) is 2. The number of rotatable bonds is 9. The van der Waals surface area contributed by atoms with E-state index in [0.717, 1.165) is 5.56 Å². The van der Waals surface area contributed by atoms with Crippen LogP contribution in [-0.2, 0) is 9.53 Å².